The van der Waals surface area contributed by atoms with Gasteiger partial charge in [-0.15, -0.1) is 0 Å². The molecule has 0 saturated carbocycles. The van der Waals surface area contributed by atoms with E-state index in [1.54, 1.807) is 4.90 Å². The number of hydrogen-bond donors (Lipinski definition) is 1. The summed E-state index contributed by atoms with van der Waals surface area (Å²) in [5.74, 6) is 0.219. The van der Waals surface area contributed by atoms with Gasteiger partial charge >= 0.3 is 0 Å². The van der Waals surface area contributed by atoms with Crippen LogP contribution in [0.3, 0.4) is 0 Å². The molecule has 1 amide bonds. The van der Waals surface area contributed by atoms with Crippen LogP contribution in [0.4, 0.5) is 0 Å². The number of rotatable bonds is 2. The third-order valence-corrected chi connectivity index (χ3v) is 5.39. The topological polar surface area (TPSA) is 37.6 Å². The number of nitrogens with one attached hydrogen (secondary N) is 1. The number of piperazine rings is 1. The number of likely N-dealkylation sites (N-methyl/N-ethyl adjacent to an activating group) is 1. The molecule has 2 aliphatic rings. The zero-order chi connectivity index (χ0) is 15.8. The van der Waals surface area contributed by atoms with Gasteiger partial charge in [0, 0.05) is 11.1 Å². The average Bonchev–Trinajstić information content (AvgIpc) is 3.07. The Morgan fingerprint density at radius 2 is 2.00 bits per heavy atom. The quantitative estimate of drug-likeness (QED) is 0.901. The fourth-order valence-electron chi connectivity index (χ4n) is 3.99. The molecule has 2 heterocycles. The number of aryl methyl sites for hydroxylation is 1. The maximum Gasteiger partial charge on any atom is 0.255 e. The molecule has 0 bridgehead atoms. The van der Waals surface area contributed by atoms with Gasteiger partial charge in [0.1, 0.15) is 0 Å². The molecule has 0 radical (unpaired) electrons. The van der Waals surface area contributed by atoms with Crippen molar-refractivity contribution in [1.82, 2.24) is 9.88 Å². The molecule has 4 nitrogen and oxygen atoms in total. The minimum atomic E-state index is 0.219. The Hall–Kier alpha value is -1.94. The Morgan fingerprint density at radius 3 is 2.78 bits per heavy atom. The number of nitrogens with zero attached hydrogens (tertiary/aromatic N) is 2. The summed E-state index contributed by atoms with van der Waals surface area (Å²) >= 11 is 0. The van der Waals surface area contributed by atoms with Crippen molar-refractivity contribution in [2.45, 2.75) is 26.2 Å². The molecule has 1 aliphatic heterocycles. The third kappa shape index (κ3) is 2.51. The second kappa shape index (κ2) is 5.93. The number of carbonyl (C=O) groups excluding carboxylic acids is 1. The van der Waals surface area contributed by atoms with Crippen LogP contribution in [0.15, 0.2) is 24.3 Å². The fourth-order valence-corrected chi connectivity index (χ4v) is 3.99. The third-order valence-electron chi connectivity index (χ3n) is 5.39. The first-order valence-electron chi connectivity index (χ1n) is 8.81. The Morgan fingerprint density at radius 1 is 1.22 bits per heavy atom. The highest BCUT2D eigenvalue weighted by Crippen LogP contribution is 2.30. The molecule has 1 aromatic carbocycles. The van der Waals surface area contributed by atoms with Gasteiger partial charge < -0.3 is 9.80 Å². The molecule has 1 aromatic heterocycles. The van der Waals surface area contributed by atoms with E-state index in [0.717, 1.165) is 74.1 Å². The lowest BCUT2D eigenvalue weighted by atomic mass is 9.99. The molecule has 4 heteroatoms. The van der Waals surface area contributed by atoms with E-state index < -0.39 is 0 Å². The van der Waals surface area contributed by atoms with Crippen molar-refractivity contribution in [1.29, 1.82) is 0 Å². The molecule has 2 aromatic rings. The van der Waals surface area contributed by atoms with Gasteiger partial charge in [-0.2, -0.15) is 0 Å². The standard InChI is InChI=1S/C19H23N3O/c1-2-21-10-12-22(13-11-21)19(23)18-14-6-3-4-8-16(14)20-17-9-5-7-15(17)18/h3-4,6,8H,2,5,7,9-13H2,1H3/p+1. The summed E-state index contributed by atoms with van der Waals surface area (Å²) in [6.45, 7) is 7.23. The van der Waals surface area contributed by atoms with Gasteiger partial charge in [-0.1, -0.05) is 18.2 Å². The van der Waals surface area contributed by atoms with Gasteiger partial charge in [0.05, 0.1) is 43.8 Å². The summed E-state index contributed by atoms with van der Waals surface area (Å²) in [5.41, 5.74) is 4.25. The summed E-state index contributed by atoms with van der Waals surface area (Å²) in [7, 11) is 0. The van der Waals surface area contributed by atoms with Gasteiger partial charge in [-0.3, -0.25) is 9.78 Å². The van der Waals surface area contributed by atoms with Gasteiger partial charge in [-0.25, -0.2) is 0 Å². The zero-order valence-corrected chi connectivity index (χ0v) is 13.8. The van der Waals surface area contributed by atoms with Crippen LogP contribution in [0, 0.1) is 0 Å². The second-order valence-electron chi connectivity index (χ2n) is 6.68. The van der Waals surface area contributed by atoms with Gasteiger partial charge in [-0.05, 0) is 37.8 Å². The van der Waals surface area contributed by atoms with E-state index in [2.05, 4.69) is 17.9 Å². The smallest absolute Gasteiger partial charge is 0.255 e. The van der Waals surface area contributed by atoms with E-state index in [0.29, 0.717) is 0 Å². The largest absolute Gasteiger partial charge is 0.332 e. The predicted molar refractivity (Wildman–Crippen MR) is 90.9 cm³/mol. The van der Waals surface area contributed by atoms with E-state index in [-0.39, 0.29) is 5.91 Å². The van der Waals surface area contributed by atoms with Crippen molar-refractivity contribution in [3.8, 4) is 0 Å². The molecule has 0 spiro atoms. The van der Waals surface area contributed by atoms with Crippen LogP contribution in [0.25, 0.3) is 10.9 Å². The number of aromatic nitrogens is 1. The average molecular weight is 310 g/mol. The van der Waals surface area contributed by atoms with Gasteiger partial charge in [0.2, 0.25) is 0 Å². The Kier molecular flexibility index (Phi) is 3.77. The molecule has 1 N–H and O–H groups in total. The van der Waals surface area contributed by atoms with Crippen molar-refractivity contribution in [3.05, 3.63) is 41.1 Å². The normalized spacial score (nSPS) is 18.4. The minimum Gasteiger partial charge on any atom is -0.332 e. The van der Waals surface area contributed by atoms with Crippen LogP contribution in [0.5, 0.6) is 0 Å². The fraction of sp³-hybridized carbons (Fsp3) is 0.474. The molecule has 1 fully saturated rings. The number of fused-ring (bicyclic) bond motifs is 2. The highest BCUT2D eigenvalue weighted by atomic mass is 16.2. The lowest BCUT2D eigenvalue weighted by Crippen LogP contribution is -3.14. The number of carbonyl (C=O) groups is 1. The number of para-hydroxylation sites is 1. The van der Waals surface area contributed by atoms with Gasteiger partial charge in [0.25, 0.3) is 5.91 Å². The lowest BCUT2D eigenvalue weighted by Gasteiger charge is -2.32. The summed E-state index contributed by atoms with van der Waals surface area (Å²) in [5, 5.41) is 1.03. The molecule has 120 valence electrons. The van der Waals surface area contributed by atoms with Crippen LogP contribution in [-0.2, 0) is 12.8 Å². The van der Waals surface area contributed by atoms with Crippen LogP contribution < -0.4 is 4.90 Å². The van der Waals surface area contributed by atoms with Crippen LogP contribution in [0.2, 0.25) is 0 Å². The zero-order valence-electron chi connectivity index (χ0n) is 13.8. The van der Waals surface area contributed by atoms with Crippen molar-refractivity contribution >= 4 is 16.8 Å². The van der Waals surface area contributed by atoms with Crippen LogP contribution in [-0.4, -0.2) is 48.5 Å². The summed E-state index contributed by atoms with van der Waals surface area (Å²) in [4.78, 5) is 21.7. The minimum absolute atomic E-state index is 0.219. The predicted octanol–water partition coefficient (Wildman–Crippen LogP) is 1.08. The number of benzene rings is 1. The van der Waals surface area contributed by atoms with Crippen LogP contribution >= 0.6 is 0 Å². The highest BCUT2D eigenvalue weighted by molar-refractivity contribution is 6.07. The van der Waals surface area contributed by atoms with Gasteiger partial charge in [0.15, 0.2) is 0 Å². The second-order valence-corrected chi connectivity index (χ2v) is 6.68. The molecule has 0 atom stereocenters. The number of quaternary nitrogens is 1. The van der Waals surface area contributed by atoms with Crippen molar-refractivity contribution in [2.75, 3.05) is 32.7 Å². The number of hydrogen-bond acceptors (Lipinski definition) is 2. The molecular formula is C19H24N3O+. The van der Waals surface area contributed by atoms with E-state index in [4.69, 9.17) is 4.98 Å². The summed E-state index contributed by atoms with van der Waals surface area (Å²) < 4.78 is 0. The molecule has 0 unspecified atom stereocenters. The first-order chi connectivity index (χ1) is 11.3. The van der Waals surface area contributed by atoms with Crippen molar-refractivity contribution in [2.24, 2.45) is 0 Å². The lowest BCUT2D eigenvalue weighted by molar-refractivity contribution is -0.902. The molecular weight excluding hydrogens is 286 g/mol. The Bertz CT molecular complexity index is 748. The monoisotopic (exact) mass is 310 g/mol. The highest BCUT2D eigenvalue weighted by Gasteiger charge is 2.29. The van der Waals surface area contributed by atoms with Crippen molar-refractivity contribution < 1.29 is 9.69 Å². The Labute approximate surface area is 137 Å². The van der Waals surface area contributed by atoms with E-state index in [1.165, 1.54) is 5.56 Å². The first-order valence-corrected chi connectivity index (χ1v) is 8.81. The van der Waals surface area contributed by atoms with Crippen molar-refractivity contribution in [3.63, 3.8) is 0 Å². The number of amides is 1. The van der Waals surface area contributed by atoms with E-state index in [9.17, 15) is 4.79 Å². The summed E-state index contributed by atoms with van der Waals surface area (Å²) in [6.07, 6.45) is 3.12. The summed E-state index contributed by atoms with van der Waals surface area (Å²) in [6, 6.07) is 8.11. The first kappa shape index (κ1) is 14.6. The molecule has 23 heavy (non-hydrogen) atoms. The molecule has 1 aliphatic carbocycles. The number of pyridine rings is 1. The van der Waals surface area contributed by atoms with Crippen LogP contribution in [0.1, 0.15) is 35.0 Å². The maximum atomic E-state index is 13.3. The van der Waals surface area contributed by atoms with E-state index in [1.807, 2.05) is 18.2 Å². The SMILES string of the molecule is CC[NH+]1CCN(C(=O)c2c3c(nc4ccccc24)CCC3)CC1. The molecule has 4 rings (SSSR count). The van der Waals surface area contributed by atoms with E-state index >= 15 is 0 Å². The molecule has 1 saturated heterocycles. The Balaban J connectivity index is 1.75. The maximum absolute atomic E-state index is 13.3.